The third-order valence-corrected chi connectivity index (χ3v) is 4.70. The fraction of sp³-hybridized carbons (Fsp3) is 0.0476. The van der Waals surface area contributed by atoms with E-state index in [9.17, 15) is 4.79 Å². The number of fused-ring (bicyclic) bond motifs is 1. The maximum Gasteiger partial charge on any atom is 0.256 e. The van der Waals surface area contributed by atoms with E-state index in [1.807, 2.05) is 71.4 Å². The van der Waals surface area contributed by atoms with Crippen LogP contribution in [0, 0.1) is 0 Å². The van der Waals surface area contributed by atoms with Crippen LogP contribution in [0.25, 0.3) is 5.65 Å². The van der Waals surface area contributed by atoms with E-state index in [4.69, 9.17) is 4.74 Å². The molecule has 4 rings (SSSR count). The van der Waals surface area contributed by atoms with Gasteiger partial charge in [-0.05, 0) is 52.3 Å². The highest BCUT2D eigenvalue weighted by Gasteiger charge is 2.10. The molecule has 2 heterocycles. The zero-order valence-electron chi connectivity index (χ0n) is 14.3. The van der Waals surface area contributed by atoms with Crippen LogP contribution in [0.15, 0.2) is 83.6 Å². The molecule has 1 N–H and O–H groups in total. The zero-order valence-corrected chi connectivity index (χ0v) is 15.9. The first kappa shape index (κ1) is 17.3. The number of anilines is 1. The topological polar surface area (TPSA) is 55.6 Å². The van der Waals surface area contributed by atoms with E-state index in [2.05, 4.69) is 26.2 Å². The number of ether oxygens (including phenoxy) is 1. The van der Waals surface area contributed by atoms with Gasteiger partial charge in [-0.3, -0.25) is 4.79 Å². The summed E-state index contributed by atoms with van der Waals surface area (Å²) in [7, 11) is 0. The maximum absolute atomic E-state index is 12.4. The van der Waals surface area contributed by atoms with Crippen LogP contribution >= 0.6 is 15.9 Å². The SMILES string of the molecule is O=C(Nc1cccc(OCc2cn3ccccc3n2)c1)c1ccccc1Br. The van der Waals surface area contributed by atoms with Crippen molar-refractivity contribution in [1.82, 2.24) is 9.38 Å². The van der Waals surface area contributed by atoms with Gasteiger partial charge in [0.15, 0.2) is 0 Å². The molecule has 0 aliphatic heterocycles. The van der Waals surface area contributed by atoms with E-state index in [0.29, 0.717) is 23.6 Å². The number of rotatable bonds is 5. The Labute approximate surface area is 164 Å². The summed E-state index contributed by atoms with van der Waals surface area (Å²) in [6.07, 6.45) is 3.89. The summed E-state index contributed by atoms with van der Waals surface area (Å²) in [4.78, 5) is 16.9. The van der Waals surface area contributed by atoms with Crippen LogP contribution in [0.3, 0.4) is 0 Å². The second-order valence-corrected chi connectivity index (χ2v) is 6.80. The standard InChI is InChI=1S/C21H16BrN3O2/c22-19-9-2-1-8-18(19)21(26)24-15-6-5-7-17(12-15)27-14-16-13-25-11-4-3-10-20(25)23-16/h1-13H,14H2,(H,24,26). The van der Waals surface area contributed by atoms with Gasteiger partial charge in [0.2, 0.25) is 0 Å². The summed E-state index contributed by atoms with van der Waals surface area (Å²) in [5, 5.41) is 2.89. The molecule has 5 nitrogen and oxygen atoms in total. The molecule has 0 aliphatic rings. The van der Waals surface area contributed by atoms with Crippen molar-refractivity contribution in [3.05, 3.63) is 94.9 Å². The lowest BCUT2D eigenvalue weighted by atomic mass is 10.2. The normalized spacial score (nSPS) is 10.7. The number of benzene rings is 2. The lowest BCUT2D eigenvalue weighted by molar-refractivity contribution is 0.102. The van der Waals surface area contributed by atoms with Gasteiger partial charge < -0.3 is 14.5 Å². The molecule has 27 heavy (non-hydrogen) atoms. The quantitative estimate of drug-likeness (QED) is 0.496. The van der Waals surface area contributed by atoms with Crippen molar-refractivity contribution in [2.75, 3.05) is 5.32 Å². The first-order chi connectivity index (χ1) is 13.2. The zero-order chi connectivity index (χ0) is 18.6. The van der Waals surface area contributed by atoms with Crippen molar-refractivity contribution in [2.24, 2.45) is 0 Å². The summed E-state index contributed by atoms with van der Waals surface area (Å²) in [5.74, 6) is 0.483. The van der Waals surface area contributed by atoms with Crippen molar-refractivity contribution in [3.63, 3.8) is 0 Å². The van der Waals surface area contributed by atoms with Crippen LogP contribution in [0.4, 0.5) is 5.69 Å². The molecule has 0 fully saturated rings. The summed E-state index contributed by atoms with van der Waals surface area (Å²) in [6.45, 7) is 0.351. The average Bonchev–Trinajstić information content (AvgIpc) is 3.10. The highest BCUT2D eigenvalue weighted by Crippen LogP contribution is 2.21. The summed E-state index contributed by atoms with van der Waals surface area (Å²) < 4.78 is 8.54. The van der Waals surface area contributed by atoms with Gasteiger partial charge in [0.25, 0.3) is 5.91 Å². The largest absolute Gasteiger partial charge is 0.487 e. The van der Waals surface area contributed by atoms with Crippen LogP contribution in [-0.4, -0.2) is 15.3 Å². The number of pyridine rings is 1. The third-order valence-electron chi connectivity index (χ3n) is 4.01. The van der Waals surface area contributed by atoms with Crippen LogP contribution in [-0.2, 0) is 6.61 Å². The Kier molecular flexibility index (Phi) is 4.89. The fourth-order valence-electron chi connectivity index (χ4n) is 2.72. The predicted molar refractivity (Wildman–Crippen MR) is 108 cm³/mol. The summed E-state index contributed by atoms with van der Waals surface area (Å²) in [6, 6.07) is 20.5. The lowest BCUT2D eigenvalue weighted by Crippen LogP contribution is -2.12. The molecule has 2 aromatic heterocycles. The summed E-state index contributed by atoms with van der Waals surface area (Å²) in [5.41, 5.74) is 2.96. The van der Waals surface area contributed by atoms with Gasteiger partial charge in [0.1, 0.15) is 18.0 Å². The van der Waals surface area contributed by atoms with Gasteiger partial charge in [-0.15, -0.1) is 0 Å². The van der Waals surface area contributed by atoms with E-state index in [1.54, 1.807) is 12.1 Å². The second kappa shape index (κ2) is 7.63. The molecule has 1 amide bonds. The van der Waals surface area contributed by atoms with Gasteiger partial charge in [-0.2, -0.15) is 0 Å². The first-order valence-electron chi connectivity index (χ1n) is 8.40. The van der Waals surface area contributed by atoms with Gasteiger partial charge in [-0.25, -0.2) is 4.98 Å². The average molecular weight is 422 g/mol. The molecule has 2 aromatic carbocycles. The minimum absolute atomic E-state index is 0.181. The fourth-order valence-corrected chi connectivity index (χ4v) is 3.19. The molecule has 0 unspecified atom stereocenters. The molecule has 0 radical (unpaired) electrons. The maximum atomic E-state index is 12.4. The smallest absolute Gasteiger partial charge is 0.256 e. The molecule has 4 aromatic rings. The number of hydrogen-bond acceptors (Lipinski definition) is 3. The second-order valence-electron chi connectivity index (χ2n) is 5.95. The van der Waals surface area contributed by atoms with Crippen molar-refractivity contribution >= 4 is 33.2 Å². The molecular formula is C21H16BrN3O2. The highest BCUT2D eigenvalue weighted by molar-refractivity contribution is 9.10. The Morgan fingerprint density at radius 3 is 2.78 bits per heavy atom. The number of carbonyl (C=O) groups excluding carboxylic acids is 1. The molecule has 0 saturated carbocycles. The minimum Gasteiger partial charge on any atom is -0.487 e. The van der Waals surface area contributed by atoms with Crippen LogP contribution in [0.2, 0.25) is 0 Å². The van der Waals surface area contributed by atoms with Crippen molar-refractivity contribution in [1.29, 1.82) is 0 Å². The molecule has 0 atom stereocenters. The molecular weight excluding hydrogens is 406 g/mol. The molecule has 134 valence electrons. The Morgan fingerprint density at radius 2 is 1.93 bits per heavy atom. The van der Waals surface area contributed by atoms with Crippen LogP contribution in [0.5, 0.6) is 5.75 Å². The summed E-state index contributed by atoms with van der Waals surface area (Å²) >= 11 is 3.40. The van der Waals surface area contributed by atoms with E-state index in [1.165, 1.54) is 0 Å². The van der Waals surface area contributed by atoms with Gasteiger partial charge in [-0.1, -0.05) is 24.3 Å². The Hall–Kier alpha value is -3.12. The number of nitrogens with one attached hydrogen (secondary N) is 1. The van der Waals surface area contributed by atoms with E-state index < -0.39 is 0 Å². The van der Waals surface area contributed by atoms with E-state index >= 15 is 0 Å². The van der Waals surface area contributed by atoms with Gasteiger partial charge in [0.05, 0.1) is 11.3 Å². The number of imidazole rings is 1. The van der Waals surface area contributed by atoms with Crippen molar-refractivity contribution < 1.29 is 9.53 Å². The monoisotopic (exact) mass is 421 g/mol. The first-order valence-corrected chi connectivity index (χ1v) is 9.20. The number of carbonyl (C=O) groups is 1. The molecule has 0 bridgehead atoms. The third kappa shape index (κ3) is 4.01. The molecule has 0 aliphatic carbocycles. The number of hydrogen-bond donors (Lipinski definition) is 1. The Bertz CT molecular complexity index is 1070. The van der Waals surface area contributed by atoms with Crippen molar-refractivity contribution in [3.8, 4) is 5.75 Å². The van der Waals surface area contributed by atoms with Gasteiger partial charge >= 0.3 is 0 Å². The van der Waals surface area contributed by atoms with E-state index in [0.717, 1.165) is 15.8 Å². The van der Waals surface area contributed by atoms with Crippen LogP contribution < -0.4 is 10.1 Å². The minimum atomic E-state index is -0.181. The van der Waals surface area contributed by atoms with Gasteiger partial charge in [0, 0.05) is 28.6 Å². The number of halogens is 1. The highest BCUT2D eigenvalue weighted by atomic mass is 79.9. The molecule has 0 saturated heterocycles. The number of nitrogens with zero attached hydrogens (tertiary/aromatic N) is 2. The number of amides is 1. The lowest BCUT2D eigenvalue weighted by Gasteiger charge is -2.09. The Morgan fingerprint density at radius 1 is 1.07 bits per heavy atom. The van der Waals surface area contributed by atoms with Crippen molar-refractivity contribution in [2.45, 2.75) is 6.61 Å². The molecule has 6 heteroatoms. The number of aromatic nitrogens is 2. The predicted octanol–water partition coefficient (Wildman–Crippen LogP) is 4.93. The Balaban J connectivity index is 1.44. The molecule has 0 spiro atoms. The van der Waals surface area contributed by atoms with E-state index in [-0.39, 0.29) is 5.91 Å². The van der Waals surface area contributed by atoms with Crippen LogP contribution in [0.1, 0.15) is 16.1 Å².